The highest BCUT2D eigenvalue weighted by Gasteiger charge is 2.36. The number of ether oxygens (including phenoxy) is 1. The molecule has 224 valence electrons. The highest BCUT2D eigenvalue weighted by molar-refractivity contribution is 7.08. The number of rotatable bonds is 6. The van der Waals surface area contributed by atoms with Crippen molar-refractivity contribution in [1.29, 1.82) is 0 Å². The summed E-state index contributed by atoms with van der Waals surface area (Å²) in [6, 6.07) is 3.68. The van der Waals surface area contributed by atoms with Gasteiger partial charge in [0.1, 0.15) is 0 Å². The topological polar surface area (TPSA) is 111 Å². The quantitative estimate of drug-likeness (QED) is 0.376. The zero-order valence-electron chi connectivity index (χ0n) is 24.0. The predicted molar refractivity (Wildman–Crippen MR) is 165 cm³/mol. The maximum Gasteiger partial charge on any atom is 0.410 e. The number of hydrogen-bond donors (Lipinski definition) is 2. The Morgan fingerprint density at radius 1 is 1.17 bits per heavy atom. The Labute approximate surface area is 255 Å². The zero-order chi connectivity index (χ0) is 30.0. The van der Waals surface area contributed by atoms with Crippen molar-refractivity contribution in [3.63, 3.8) is 0 Å². The molecule has 0 radical (unpaired) electrons. The molecule has 0 spiro atoms. The second kappa shape index (κ2) is 12.8. The lowest BCUT2D eigenvalue weighted by Gasteiger charge is -2.40. The number of hydrogen-bond acceptors (Lipinski definition) is 7. The molecule has 3 aliphatic heterocycles. The number of nitrogens with zero attached hydrogens (tertiary/aromatic N) is 4. The Hall–Kier alpha value is -3.46. The van der Waals surface area contributed by atoms with Gasteiger partial charge < -0.3 is 35.4 Å². The summed E-state index contributed by atoms with van der Waals surface area (Å²) in [6.07, 6.45) is 7.09. The number of carbonyl (C=O) groups is 3. The minimum absolute atomic E-state index is 0.0108. The van der Waals surface area contributed by atoms with Gasteiger partial charge in [0.15, 0.2) is 6.10 Å². The summed E-state index contributed by atoms with van der Waals surface area (Å²) in [5, 5.41) is 7.24. The standard InChI is InChI=1S/C30H37ClN6O4S/c1-4-20-13-19(14-24(31)27(20)32)15-26(28(38)35-9-5-22(6-10-35)34(2)3)41-30(40)36-11-7-23(8-12-36)37-16-21-17-42-18-25(21)33-29(37)39/h1,13-14,17-18,22-23,26H,5-12,15-16,32H2,2-3H3,(H,33,39)/t26-/m1/s1. The number of nitrogens with two attached hydrogens (primary N) is 1. The first-order chi connectivity index (χ1) is 20.1. The number of fused-ring (bicyclic) bond motifs is 1. The van der Waals surface area contributed by atoms with Crippen LogP contribution in [-0.2, 0) is 22.5 Å². The van der Waals surface area contributed by atoms with Gasteiger partial charge in [0.05, 0.1) is 22.9 Å². The van der Waals surface area contributed by atoms with Crippen molar-refractivity contribution < 1.29 is 19.1 Å². The van der Waals surface area contributed by atoms with Gasteiger partial charge in [-0.15, -0.1) is 17.8 Å². The highest BCUT2D eigenvalue weighted by atomic mass is 35.5. The first kappa shape index (κ1) is 30.0. The van der Waals surface area contributed by atoms with Crippen LogP contribution in [0.2, 0.25) is 5.02 Å². The van der Waals surface area contributed by atoms with E-state index in [0.29, 0.717) is 73.4 Å². The van der Waals surface area contributed by atoms with Crippen LogP contribution in [0, 0.1) is 12.3 Å². The summed E-state index contributed by atoms with van der Waals surface area (Å²) < 4.78 is 5.93. The molecular weight excluding hydrogens is 576 g/mol. The monoisotopic (exact) mass is 612 g/mol. The molecule has 0 aliphatic carbocycles. The molecule has 2 fully saturated rings. The molecule has 0 unspecified atom stereocenters. The lowest BCUT2D eigenvalue weighted by molar-refractivity contribution is -0.142. The maximum absolute atomic E-state index is 13.7. The van der Waals surface area contributed by atoms with Crippen LogP contribution in [0.25, 0.3) is 0 Å². The van der Waals surface area contributed by atoms with E-state index >= 15 is 0 Å². The Balaban J connectivity index is 1.25. The lowest BCUT2D eigenvalue weighted by Crippen LogP contribution is -2.52. The van der Waals surface area contributed by atoms with E-state index in [-0.39, 0.29) is 24.4 Å². The molecule has 1 aromatic heterocycles. The minimum Gasteiger partial charge on any atom is -0.436 e. The first-order valence-electron chi connectivity index (χ1n) is 14.2. The van der Waals surface area contributed by atoms with Crippen LogP contribution in [0.1, 0.15) is 42.4 Å². The van der Waals surface area contributed by atoms with Crippen molar-refractivity contribution in [2.24, 2.45) is 0 Å². The Kier molecular flexibility index (Phi) is 9.16. The number of likely N-dealkylation sites (tertiary alicyclic amines) is 2. The number of anilines is 2. The third kappa shape index (κ3) is 6.46. The van der Waals surface area contributed by atoms with Gasteiger partial charge in [-0.3, -0.25) is 4.79 Å². The summed E-state index contributed by atoms with van der Waals surface area (Å²) in [7, 11) is 4.09. The number of nitrogens with one attached hydrogen (secondary N) is 1. The zero-order valence-corrected chi connectivity index (χ0v) is 25.5. The van der Waals surface area contributed by atoms with Gasteiger partial charge in [0.2, 0.25) is 0 Å². The van der Waals surface area contributed by atoms with Gasteiger partial charge >= 0.3 is 12.1 Å². The van der Waals surface area contributed by atoms with Gasteiger partial charge in [0.25, 0.3) is 5.91 Å². The summed E-state index contributed by atoms with van der Waals surface area (Å²) >= 11 is 7.89. The van der Waals surface area contributed by atoms with Crippen molar-refractivity contribution in [3.05, 3.63) is 44.6 Å². The molecule has 2 aromatic rings. The van der Waals surface area contributed by atoms with Crippen LogP contribution < -0.4 is 11.1 Å². The molecule has 4 heterocycles. The molecule has 0 saturated carbocycles. The van der Waals surface area contributed by atoms with Crippen LogP contribution in [0.3, 0.4) is 0 Å². The molecule has 4 amide bonds. The number of benzene rings is 1. The van der Waals surface area contributed by atoms with Gasteiger partial charge in [-0.05, 0) is 62.9 Å². The number of amides is 4. The molecule has 42 heavy (non-hydrogen) atoms. The van der Waals surface area contributed by atoms with Crippen molar-refractivity contribution in [2.45, 2.75) is 56.8 Å². The molecule has 1 atom stereocenters. The third-order valence-corrected chi connectivity index (χ3v) is 9.64. The predicted octanol–water partition coefficient (Wildman–Crippen LogP) is 4.08. The van der Waals surface area contributed by atoms with E-state index in [1.807, 2.05) is 24.4 Å². The summed E-state index contributed by atoms with van der Waals surface area (Å²) in [5.74, 6) is 2.30. The molecule has 12 heteroatoms. The van der Waals surface area contributed by atoms with E-state index in [2.05, 4.69) is 21.5 Å². The third-order valence-electron chi connectivity index (χ3n) is 8.54. The molecule has 10 nitrogen and oxygen atoms in total. The first-order valence-corrected chi connectivity index (χ1v) is 15.5. The van der Waals surface area contributed by atoms with Crippen molar-refractivity contribution in [3.8, 4) is 12.3 Å². The van der Waals surface area contributed by atoms with E-state index < -0.39 is 12.2 Å². The number of terminal acetylenes is 1. The number of carbonyl (C=O) groups excluding carboxylic acids is 3. The maximum atomic E-state index is 13.7. The van der Waals surface area contributed by atoms with Crippen LogP contribution in [0.4, 0.5) is 21.0 Å². The van der Waals surface area contributed by atoms with Crippen LogP contribution >= 0.6 is 22.9 Å². The average molecular weight is 613 g/mol. The highest BCUT2D eigenvalue weighted by Crippen LogP contribution is 2.31. The van der Waals surface area contributed by atoms with E-state index in [1.54, 1.807) is 33.3 Å². The number of nitrogen functional groups attached to an aromatic ring is 1. The largest absolute Gasteiger partial charge is 0.436 e. The van der Waals surface area contributed by atoms with Gasteiger partial charge in [0, 0.05) is 61.2 Å². The Morgan fingerprint density at radius 3 is 2.52 bits per heavy atom. The number of halogens is 1. The molecule has 0 bridgehead atoms. The molecule has 3 N–H and O–H groups in total. The Morgan fingerprint density at radius 2 is 1.86 bits per heavy atom. The number of urea groups is 1. The Bertz CT molecular complexity index is 1370. The normalized spacial score (nSPS) is 18.8. The number of thiophene rings is 1. The summed E-state index contributed by atoms with van der Waals surface area (Å²) in [6.45, 7) is 2.58. The molecule has 1 aromatic carbocycles. The van der Waals surface area contributed by atoms with Gasteiger partial charge in [-0.2, -0.15) is 0 Å². The van der Waals surface area contributed by atoms with Crippen molar-refractivity contribution in [2.75, 3.05) is 51.3 Å². The lowest BCUT2D eigenvalue weighted by atomic mass is 10.0. The second-order valence-electron chi connectivity index (χ2n) is 11.4. The van der Waals surface area contributed by atoms with Crippen LogP contribution in [-0.4, -0.2) is 96.1 Å². The average Bonchev–Trinajstić information content (AvgIpc) is 3.45. The number of piperidine rings is 2. The molecule has 5 rings (SSSR count). The molecule has 2 saturated heterocycles. The van der Waals surface area contributed by atoms with Crippen molar-refractivity contribution >= 4 is 52.3 Å². The summed E-state index contributed by atoms with van der Waals surface area (Å²) in [4.78, 5) is 47.3. The second-order valence-corrected chi connectivity index (χ2v) is 12.5. The van der Waals surface area contributed by atoms with E-state index in [1.165, 1.54) is 0 Å². The fraction of sp³-hybridized carbons (Fsp3) is 0.500. The molecular formula is C30H37ClN6O4S. The molecule has 3 aliphatic rings. The minimum atomic E-state index is -1.04. The van der Waals surface area contributed by atoms with E-state index in [9.17, 15) is 14.4 Å². The van der Waals surface area contributed by atoms with Crippen LogP contribution in [0.15, 0.2) is 22.9 Å². The van der Waals surface area contributed by atoms with E-state index in [0.717, 1.165) is 24.1 Å². The SMILES string of the molecule is C#Cc1cc(C[C@@H](OC(=O)N2CCC(N3Cc4cscc4NC3=O)CC2)C(=O)N2CCC(N(C)C)CC2)cc(Cl)c1N. The van der Waals surface area contributed by atoms with E-state index in [4.69, 9.17) is 28.5 Å². The fourth-order valence-electron chi connectivity index (χ4n) is 5.96. The van der Waals surface area contributed by atoms with Crippen LogP contribution in [0.5, 0.6) is 0 Å². The fourth-order valence-corrected chi connectivity index (χ4v) is 6.98. The summed E-state index contributed by atoms with van der Waals surface area (Å²) in [5.41, 5.74) is 9.38. The van der Waals surface area contributed by atoms with Gasteiger partial charge in [-0.1, -0.05) is 17.5 Å². The van der Waals surface area contributed by atoms with Crippen molar-refractivity contribution in [1.82, 2.24) is 19.6 Å². The smallest absolute Gasteiger partial charge is 0.410 e. The van der Waals surface area contributed by atoms with Gasteiger partial charge in [-0.25, -0.2) is 9.59 Å².